The predicted molar refractivity (Wildman–Crippen MR) is 69.1 cm³/mol. The summed E-state index contributed by atoms with van der Waals surface area (Å²) in [6.07, 6.45) is 0.990. The van der Waals surface area contributed by atoms with Crippen LogP contribution in [0.5, 0.6) is 0 Å². The molecule has 1 aromatic carbocycles. The summed E-state index contributed by atoms with van der Waals surface area (Å²) in [6, 6.07) is 6.43. The summed E-state index contributed by atoms with van der Waals surface area (Å²) in [7, 11) is 0. The molecule has 84 valence electrons. The molecule has 1 aromatic rings. The van der Waals surface area contributed by atoms with Crippen LogP contribution in [-0.4, -0.2) is 12.6 Å². The molecule has 0 bridgehead atoms. The molecule has 0 heterocycles. The van der Waals surface area contributed by atoms with E-state index in [0.717, 1.165) is 29.0 Å². The van der Waals surface area contributed by atoms with Gasteiger partial charge in [0.1, 0.15) is 0 Å². The number of hydrogen-bond acceptors (Lipinski definition) is 2. The van der Waals surface area contributed by atoms with Crippen molar-refractivity contribution < 1.29 is 0 Å². The summed E-state index contributed by atoms with van der Waals surface area (Å²) in [5.41, 5.74) is 6.66. The molecular weight excluding hydrogens is 275 g/mol. The Morgan fingerprint density at radius 2 is 2.27 bits per heavy atom. The van der Waals surface area contributed by atoms with Crippen molar-refractivity contribution in [3.8, 4) is 0 Å². The van der Waals surface area contributed by atoms with E-state index in [0.29, 0.717) is 6.04 Å². The highest BCUT2D eigenvalue weighted by molar-refractivity contribution is 9.10. The van der Waals surface area contributed by atoms with Crippen molar-refractivity contribution in [1.82, 2.24) is 5.32 Å². The first kappa shape index (κ1) is 13.0. The molecule has 1 atom stereocenters. The third kappa shape index (κ3) is 4.51. The van der Waals surface area contributed by atoms with E-state index in [1.807, 2.05) is 12.1 Å². The molecule has 0 aliphatic carbocycles. The maximum atomic E-state index is 6.00. The Bertz CT molecular complexity index is 317. The van der Waals surface area contributed by atoms with E-state index in [-0.39, 0.29) is 0 Å². The van der Waals surface area contributed by atoms with Gasteiger partial charge >= 0.3 is 0 Å². The fourth-order valence-corrected chi connectivity index (χ4v) is 1.74. The Balaban J connectivity index is 2.47. The highest BCUT2D eigenvalue weighted by atomic mass is 79.9. The highest BCUT2D eigenvalue weighted by Crippen LogP contribution is 2.23. The van der Waals surface area contributed by atoms with Gasteiger partial charge in [0.2, 0.25) is 0 Å². The Morgan fingerprint density at radius 3 is 2.87 bits per heavy atom. The molecule has 0 saturated carbocycles. The van der Waals surface area contributed by atoms with E-state index in [4.69, 9.17) is 17.3 Å². The summed E-state index contributed by atoms with van der Waals surface area (Å²) >= 11 is 9.36. The van der Waals surface area contributed by atoms with Gasteiger partial charge in [-0.3, -0.25) is 0 Å². The summed E-state index contributed by atoms with van der Waals surface area (Å²) in [5.74, 6) is 0. The van der Waals surface area contributed by atoms with Crippen LogP contribution in [0.25, 0.3) is 0 Å². The van der Waals surface area contributed by atoms with E-state index < -0.39 is 0 Å². The number of nitrogens with two attached hydrogens (primary N) is 1. The van der Waals surface area contributed by atoms with Crippen molar-refractivity contribution in [2.75, 3.05) is 6.54 Å². The predicted octanol–water partition coefficient (Wildman–Crippen LogP) is 2.93. The number of benzene rings is 1. The fourth-order valence-electron chi connectivity index (χ4n) is 1.29. The lowest BCUT2D eigenvalue weighted by atomic mass is 10.2. The largest absolute Gasteiger partial charge is 0.330 e. The van der Waals surface area contributed by atoms with Gasteiger partial charge < -0.3 is 11.1 Å². The van der Waals surface area contributed by atoms with Crippen molar-refractivity contribution in [3.63, 3.8) is 0 Å². The van der Waals surface area contributed by atoms with E-state index in [1.165, 1.54) is 5.56 Å². The molecular formula is C11H16BrClN2. The van der Waals surface area contributed by atoms with Gasteiger partial charge in [0.15, 0.2) is 0 Å². The van der Waals surface area contributed by atoms with Gasteiger partial charge in [-0.25, -0.2) is 0 Å². The minimum Gasteiger partial charge on any atom is -0.330 e. The second-order valence-corrected chi connectivity index (χ2v) is 4.87. The molecule has 2 nitrogen and oxygen atoms in total. The summed E-state index contributed by atoms with van der Waals surface area (Å²) in [5, 5.41) is 4.14. The van der Waals surface area contributed by atoms with E-state index >= 15 is 0 Å². The van der Waals surface area contributed by atoms with Crippen molar-refractivity contribution in [1.29, 1.82) is 0 Å². The Hall–Kier alpha value is -0.0900. The maximum absolute atomic E-state index is 6.00. The zero-order valence-corrected chi connectivity index (χ0v) is 11.1. The molecule has 1 rings (SSSR count). The minimum atomic E-state index is 0.442. The normalized spacial score (nSPS) is 12.8. The van der Waals surface area contributed by atoms with E-state index in [9.17, 15) is 0 Å². The second-order valence-electron chi connectivity index (χ2n) is 3.61. The Morgan fingerprint density at radius 1 is 1.53 bits per heavy atom. The molecule has 0 fully saturated rings. The molecule has 3 N–H and O–H groups in total. The molecule has 15 heavy (non-hydrogen) atoms. The van der Waals surface area contributed by atoms with Gasteiger partial charge in [0, 0.05) is 17.1 Å². The van der Waals surface area contributed by atoms with Crippen LogP contribution in [0.15, 0.2) is 22.7 Å². The lowest BCUT2D eigenvalue weighted by molar-refractivity contribution is 0.520. The SMILES string of the molecule is CC(CCN)NCc1ccc(Br)c(Cl)c1. The number of rotatable bonds is 5. The lowest BCUT2D eigenvalue weighted by Crippen LogP contribution is -2.27. The second kappa shape index (κ2) is 6.48. The first-order valence-electron chi connectivity index (χ1n) is 5.01. The van der Waals surface area contributed by atoms with Gasteiger partial charge in [-0.1, -0.05) is 17.7 Å². The van der Waals surface area contributed by atoms with Crippen LogP contribution < -0.4 is 11.1 Å². The molecule has 0 aromatic heterocycles. The number of nitrogens with one attached hydrogen (secondary N) is 1. The quantitative estimate of drug-likeness (QED) is 0.875. The zero-order chi connectivity index (χ0) is 11.3. The summed E-state index contributed by atoms with van der Waals surface area (Å²) < 4.78 is 0.933. The zero-order valence-electron chi connectivity index (χ0n) is 8.76. The van der Waals surface area contributed by atoms with Crippen LogP contribution in [0.1, 0.15) is 18.9 Å². The first-order chi connectivity index (χ1) is 7.13. The average molecular weight is 292 g/mol. The average Bonchev–Trinajstić information content (AvgIpc) is 2.20. The van der Waals surface area contributed by atoms with Gasteiger partial charge in [-0.05, 0) is 53.5 Å². The smallest absolute Gasteiger partial charge is 0.0551 e. The van der Waals surface area contributed by atoms with Crippen molar-refractivity contribution in [2.45, 2.75) is 25.9 Å². The van der Waals surface area contributed by atoms with Crippen molar-refractivity contribution in [2.24, 2.45) is 5.73 Å². The molecule has 0 radical (unpaired) electrons. The lowest BCUT2D eigenvalue weighted by Gasteiger charge is -2.12. The van der Waals surface area contributed by atoms with Crippen LogP contribution in [0.2, 0.25) is 5.02 Å². The molecule has 0 aliphatic heterocycles. The fraction of sp³-hybridized carbons (Fsp3) is 0.455. The van der Waals surface area contributed by atoms with Crippen molar-refractivity contribution in [3.05, 3.63) is 33.3 Å². The molecule has 0 aliphatic rings. The van der Waals surface area contributed by atoms with Crippen molar-refractivity contribution >= 4 is 27.5 Å². The third-order valence-corrected chi connectivity index (χ3v) is 3.47. The van der Waals surface area contributed by atoms with Gasteiger partial charge in [0.05, 0.1) is 5.02 Å². The Labute approximate surface area is 104 Å². The van der Waals surface area contributed by atoms with E-state index in [2.05, 4.69) is 34.2 Å². The first-order valence-corrected chi connectivity index (χ1v) is 6.18. The molecule has 0 amide bonds. The van der Waals surface area contributed by atoms with Crippen LogP contribution in [-0.2, 0) is 6.54 Å². The Kier molecular flexibility index (Phi) is 5.61. The summed E-state index contributed by atoms with van der Waals surface area (Å²) in [4.78, 5) is 0. The van der Waals surface area contributed by atoms with Crippen LogP contribution in [0.4, 0.5) is 0 Å². The topological polar surface area (TPSA) is 38.0 Å². The highest BCUT2D eigenvalue weighted by Gasteiger charge is 2.02. The molecule has 0 spiro atoms. The minimum absolute atomic E-state index is 0.442. The number of hydrogen-bond donors (Lipinski definition) is 2. The van der Waals surface area contributed by atoms with Gasteiger partial charge in [-0.15, -0.1) is 0 Å². The molecule has 0 saturated heterocycles. The standard InChI is InChI=1S/C11H16BrClN2/c1-8(4-5-14)15-7-9-2-3-10(12)11(13)6-9/h2-3,6,8,15H,4-5,7,14H2,1H3. The number of halogens is 2. The molecule has 1 unspecified atom stereocenters. The van der Waals surface area contributed by atoms with Gasteiger partial charge in [0.25, 0.3) is 0 Å². The maximum Gasteiger partial charge on any atom is 0.0551 e. The third-order valence-electron chi connectivity index (χ3n) is 2.24. The van der Waals surface area contributed by atoms with E-state index in [1.54, 1.807) is 0 Å². The van der Waals surface area contributed by atoms with Crippen LogP contribution in [0.3, 0.4) is 0 Å². The monoisotopic (exact) mass is 290 g/mol. The van der Waals surface area contributed by atoms with Crippen LogP contribution >= 0.6 is 27.5 Å². The summed E-state index contributed by atoms with van der Waals surface area (Å²) in [6.45, 7) is 3.68. The van der Waals surface area contributed by atoms with Gasteiger partial charge in [-0.2, -0.15) is 0 Å². The van der Waals surface area contributed by atoms with Crippen LogP contribution in [0, 0.1) is 0 Å². The molecule has 4 heteroatoms.